The predicted octanol–water partition coefficient (Wildman–Crippen LogP) is 1.75. The van der Waals surface area contributed by atoms with E-state index in [9.17, 15) is 14.9 Å². The topological polar surface area (TPSA) is 109 Å². The van der Waals surface area contributed by atoms with E-state index in [1.807, 2.05) is 13.8 Å². The van der Waals surface area contributed by atoms with Crippen molar-refractivity contribution in [3.05, 3.63) is 22.2 Å². The maximum absolute atomic E-state index is 11.7. The molecule has 0 aromatic carbocycles. The van der Waals surface area contributed by atoms with Gasteiger partial charge < -0.3 is 16.0 Å². The average molecular weight is 295 g/mol. The average Bonchev–Trinajstić information content (AvgIpc) is 2.45. The second kappa shape index (κ2) is 8.03. The van der Waals surface area contributed by atoms with Crippen LogP contribution in [0.25, 0.3) is 0 Å². The minimum atomic E-state index is -0.529. The number of carbonyl (C=O) groups excluding carboxylic acids is 1. The molecule has 1 atom stereocenters. The van der Waals surface area contributed by atoms with Crippen molar-refractivity contribution in [3.8, 4) is 0 Å². The number of nitrogens with one attached hydrogen (secondary N) is 3. The fourth-order valence-electron chi connectivity index (χ4n) is 1.65. The molecule has 1 unspecified atom stereocenters. The molecule has 116 valence electrons. The largest absolute Gasteiger partial charge is 0.370 e. The van der Waals surface area contributed by atoms with Crippen LogP contribution in [0.15, 0.2) is 12.1 Å². The number of pyridine rings is 1. The van der Waals surface area contributed by atoms with Crippen LogP contribution in [0, 0.1) is 10.1 Å². The van der Waals surface area contributed by atoms with E-state index in [1.54, 1.807) is 6.92 Å². The van der Waals surface area contributed by atoms with Crippen molar-refractivity contribution in [2.45, 2.75) is 33.2 Å². The zero-order valence-corrected chi connectivity index (χ0v) is 12.5. The number of nitro groups is 1. The minimum Gasteiger partial charge on any atom is -0.370 e. The SMILES string of the molecule is CCCNc1cc([N+](=O)[O-])cc(NC(C)C(=O)NCC)n1. The molecule has 1 aromatic heterocycles. The molecular weight excluding hydrogens is 274 g/mol. The van der Waals surface area contributed by atoms with Crippen molar-refractivity contribution >= 4 is 23.2 Å². The summed E-state index contributed by atoms with van der Waals surface area (Å²) in [6.07, 6.45) is 0.877. The molecule has 0 aliphatic carbocycles. The van der Waals surface area contributed by atoms with Gasteiger partial charge in [-0.15, -0.1) is 0 Å². The van der Waals surface area contributed by atoms with Gasteiger partial charge in [-0.1, -0.05) is 6.92 Å². The number of aromatic nitrogens is 1. The fourth-order valence-corrected chi connectivity index (χ4v) is 1.65. The van der Waals surface area contributed by atoms with Gasteiger partial charge >= 0.3 is 0 Å². The van der Waals surface area contributed by atoms with Gasteiger partial charge in [0.05, 0.1) is 17.1 Å². The van der Waals surface area contributed by atoms with E-state index in [-0.39, 0.29) is 11.6 Å². The molecule has 1 aromatic rings. The van der Waals surface area contributed by atoms with Crippen LogP contribution in [0.1, 0.15) is 27.2 Å². The molecule has 0 radical (unpaired) electrons. The molecular formula is C13H21N5O3. The van der Waals surface area contributed by atoms with Crippen LogP contribution >= 0.6 is 0 Å². The molecule has 0 aliphatic heterocycles. The van der Waals surface area contributed by atoms with Gasteiger partial charge in [-0.2, -0.15) is 0 Å². The maximum atomic E-state index is 11.7. The molecule has 0 fully saturated rings. The number of nitrogens with zero attached hydrogens (tertiary/aromatic N) is 2. The smallest absolute Gasteiger partial charge is 0.276 e. The molecule has 1 amide bonds. The normalized spacial score (nSPS) is 11.6. The summed E-state index contributed by atoms with van der Waals surface area (Å²) < 4.78 is 0. The van der Waals surface area contributed by atoms with E-state index in [0.717, 1.165) is 6.42 Å². The maximum Gasteiger partial charge on any atom is 0.276 e. The summed E-state index contributed by atoms with van der Waals surface area (Å²) in [5.41, 5.74) is -0.0748. The molecule has 0 saturated carbocycles. The third-order valence-electron chi connectivity index (χ3n) is 2.69. The Morgan fingerprint density at radius 3 is 2.62 bits per heavy atom. The third-order valence-corrected chi connectivity index (χ3v) is 2.69. The summed E-state index contributed by atoms with van der Waals surface area (Å²) in [4.78, 5) is 26.4. The van der Waals surface area contributed by atoms with Crippen LogP contribution < -0.4 is 16.0 Å². The van der Waals surface area contributed by atoms with Gasteiger partial charge in [0.2, 0.25) is 5.91 Å². The lowest BCUT2D eigenvalue weighted by molar-refractivity contribution is -0.384. The molecule has 0 aliphatic rings. The van der Waals surface area contributed by atoms with Crippen LogP contribution in [0.3, 0.4) is 0 Å². The second-order valence-electron chi connectivity index (χ2n) is 4.54. The van der Waals surface area contributed by atoms with Gasteiger partial charge in [-0.25, -0.2) is 4.98 Å². The first-order valence-corrected chi connectivity index (χ1v) is 6.92. The highest BCUT2D eigenvalue weighted by Gasteiger charge is 2.16. The van der Waals surface area contributed by atoms with E-state index < -0.39 is 11.0 Å². The van der Waals surface area contributed by atoms with Crippen molar-refractivity contribution in [1.82, 2.24) is 10.3 Å². The highest BCUT2D eigenvalue weighted by atomic mass is 16.6. The van der Waals surface area contributed by atoms with Crippen molar-refractivity contribution in [2.75, 3.05) is 23.7 Å². The molecule has 1 heterocycles. The van der Waals surface area contributed by atoms with Gasteiger partial charge in [0.25, 0.3) is 5.69 Å². The number of amides is 1. The van der Waals surface area contributed by atoms with E-state index in [4.69, 9.17) is 0 Å². The summed E-state index contributed by atoms with van der Waals surface area (Å²) in [7, 11) is 0. The van der Waals surface area contributed by atoms with Gasteiger partial charge in [0, 0.05) is 13.1 Å². The Kier molecular flexibility index (Phi) is 6.38. The van der Waals surface area contributed by atoms with Crippen LogP contribution in [-0.4, -0.2) is 34.9 Å². The summed E-state index contributed by atoms with van der Waals surface area (Å²) in [5, 5.41) is 19.5. The first-order chi connectivity index (χ1) is 9.97. The molecule has 1 rings (SSSR count). The van der Waals surface area contributed by atoms with Gasteiger partial charge in [-0.3, -0.25) is 14.9 Å². The van der Waals surface area contributed by atoms with Crippen molar-refractivity contribution in [3.63, 3.8) is 0 Å². The summed E-state index contributed by atoms with van der Waals surface area (Å²) >= 11 is 0. The monoisotopic (exact) mass is 295 g/mol. The molecule has 0 bridgehead atoms. The lowest BCUT2D eigenvalue weighted by Gasteiger charge is -2.14. The Bertz CT molecular complexity index is 507. The lowest BCUT2D eigenvalue weighted by Crippen LogP contribution is -2.37. The van der Waals surface area contributed by atoms with Crippen LogP contribution in [0.4, 0.5) is 17.3 Å². The highest BCUT2D eigenvalue weighted by Crippen LogP contribution is 2.21. The highest BCUT2D eigenvalue weighted by molar-refractivity contribution is 5.84. The van der Waals surface area contributed by atoms with E-state index in [1.165, 1.54) is 12.1 Å². The van der Waals surface area contributed by atoms with Crippen LogP contribution in [0.5, 0.6) is 0 Å². The molecule has 21 heavy (non-hydrogen) atoms. The molecule has 8 heteroatoms. The number of hydrogen-bond donors (Lipinski definition) is 3. The zero-order valence-electron chi connectivity index (χ0n) is 12.5. The third kappa shape index (κ3) is 5.25. The molecule has 0 spiro atoms. The van der Waals surface area contributed by atoms with Crippen LogP contribution in [-0.2, 0) is 4.79 Å². The summed E-state index contributed by atoms with van der Waals surface area (Å²) in [6.45, 7) is 6.67. The number of rotatable bonds is 8. The van der Waals surface area contributed by atoms with Crippen molar-refractivity contribution in [2.24, 2.45) is 0 Å². The Balaban J connectivity index is 2.91. The van der Waals surface area contributed by atoms with E-state index >= 15 is 0 Å². The Labute approximate surface area is 123 Å². The molecule has 3 N–H and O–H groups in total. The summed E-state index contributed by atoms with van der Waals surface area (Å²) in [5.74, 6) is 0.520. The second-order valence-corrected chi connectivity index (χ2v) is 4.54. The molecule has 8 nitrogen and oxygen atoms in total. The first kappa shape index (κ1) is 16.7. The standard InChI is InChI=1S/C13H21N5O3/c1-4-6-15-11-7-10(18(20)21)8-12(17-11)16-9(3)13(19)14-5-2/h7-9H,4-6H2,1-3H3,(H,14,19)(H2,15,16,17). The predicted molar refractivity (Wildman–Crippen MR) is 81.4 cm³/mol. The quantitative estimate of drug-likeness (QED) is 0.498. The summed E-state index contributed by atoms with van der Waals surface area (Å²) in [6, 6.07) is 2.16. The van der Waals surface area contributed by atoms with E-state index in [0.29, 0.717) is 24.7 Å². The Morgan fingerprint density at radius 2 is 2.05 bits per heavy atom. The van der Waals surface area contributed by atoms with Crippen molar-refractivity contribution in [1.29, 1.82) is 0 Å². The zero-order chi connectivity index (χ0) is 15.8. The van der Waals surface area contributed by atoms with Gasteiger partial charge in [0.15, 0.2) is 0 Å². The molecule has 0 saturated heterocycles. The van der Waals surface area contributed by atoms with Crippen molar-refractivity contribution < 1.29 is 9.72 Å². The van der Waals surface area contributed by atoms with Gasteiger partial charge in [-0.05, 0) is 20.3 Å². The van der Waals surface area contributed by atoms with E-state index in [2.05, 4.69) is 20.9 Å². The minimum absolute atomic E-state index is 0.0748. The number of carbonyl (C=O) groups is 1. The number of hydrogen-bond acceptors (Lipinski definition) is 6. The number of likely N-dealkylation sites (N-methyl/N-ethyl adjacent to an activating group) is 1. The van der Waals surface area contributed by atoms with Gasteiger partial charge in [0.1, 0.15) is 17.7 Å². The Hall–Kier alpha value is -2.38. The lowest BCUT2D eigenvalue weighted by atomic mass is 10.3. The van der Waals surface area contributed by atoms with Crippen LogP contribution in [0.2, 0.25) is 0 Å². The fraction of sp³-hybridized carbons (Fsp3) is 0.538. The Morgan fingerprint density at radius 1 is 1.38 bits per heavy atom. The first-order valence-electron chi connectivity index (χ1n) is 6.92. The number of anilines is 2.